The molecule has 0 bridgehead atoms. The number of aromatic nitrogens is 2. The number of ether oxygens (including phenoxy) is 1. The van der Waals surface area contributed by atoms with E-state index in [2.05, 4.69) is 10.1 Å². The summed E-state index contributed by atoms with van der Waals surface area (Å²) in [5.74, 6) is 0.759. The molecule has 0 unspecified atom stereocenters. The van der Waals surface area contributed by atoms with Gasteiger partial charge in [0.05, 0.1) is 6.42 Å². The number of carbonyl (C=O) groups is 1. The highest BCUT2D eigenvalue weighted by Gasteiger charge is 2.25. The molecule has 0 atom stereocenters. The summed E-state index contributed by atoms with van der Waals surface area (Å²) in [5.41, 5.74) is -0.435. The van der Waals surface area contributed by atoms with E-state index in [-0.39, 0.29) is 13.0 Å². The maximum absolute atomic E-state index is 10.8. The molecule has 0 aliphatic rings. The number of benzene rings is 1. The van der Waals surface area contributed by atoms with E-state index in [0.29, 0.717) is 18.1 Å². The molecule has 0 aliphatic heterocycles. The normalized spacial score (nSPS) is 11.3. The van der Waals surface area contributed by atoms with Gasteiger partial charge in [0.1, 0.15) is 5.75 Å². The zero-order valence-electron chi connectivity index (χ0n) is 12.1. The van der Waals surface area contributed by atoms with E-state index in [1.165, 1.54) is 0 Å². The largest absolute Gasteiger partial charge is 0.485 e. The first kappa shape index (κ1) is 15.0. The van der Waals surface area contributed by atoms with Gasteiger partial charge in [0.25, 0.3) is 0 Å². The minimum atomic E-state index is -0.841. The Morgan fingerprint density at radius 2 is 2.05 bits per heavy atom. The van der Waals surface area contributed by atoms with Gasteiger partial charge >= 0.3 is 5.97 Å². The van der Waals surface area contributed by atoms with E-state index >= 15 is 0 Å². The fraction of sp³-hybridized carbons (Fsp3) is 0.400. The third-order valence-electron chi connectivity index (χ3n) is 2.88. The van der Waals surface area contributed by atoms with Gasteiger partial charge in [-0.05, 0) is 17.5 Å². The van der Waals surface area contributed by atoms with Crippen molar-refractivity contribution >= 4 is 5.97 Å². The minimum Gasteiger partial charge on any atom is -0.485 e. The molecule has 6 heteroatoms. The molecule has 0 amide bonds. The molecule has 6 nitrogen and oxygen atoms in total. The molecule has 2 rings (SSSR count). The van der Waals surface area contributed by atoms with E-state index < -0.39 is 11.4 Å². The van der Waals surface area contributed by atoms with E-state index in [9.17, 15) is 4.79 Å². The van der Waals surface area contributed by atoms with Crippen LogP contribution in [-0.2, 0) is 17.8 Å². The number of carboxylic acid groups (broad SMARTS) is 1. The average molecular weight is 290 g/mol. The van der Waals surface area contributed by atoms with Crippen molar-refractivity contribution in [2.24, 2.45) is 5.41 Å². The van der Waals surface area contributed by atoms with Crippen molar-refractivity contribution in [3.05, 3.63) is 42.0 Å². The lowest BCUT2D eigenvalue weighted by molar-refractivity contribution is -0.139. The summed E-state index contributed by atoms with van der Waals surface area (Å²) < 4.78 is 10.7. The molecular weight excluding hydrogens is 272 g/mol. The first-order valence-electron chi connectivity index (χ1n) is 6.66. The molecule has 1 aromatic carbocycles. The molecule has 0 radical (unpaired) electrons. The van der Waals surface area contributed by atoms with Gasteiger partial charge in [-0.25, -0.2) is 0 Å². The Morgan fingerprint density at radius 1 is 1.33 bits per heavy atom. The second kappa shape index (κ2) is 6.39. The summed E-state index contributed by atoms with van der Waals surface area (Å²) >= 11 is 0. The van der Waals surface area contributed by atoms with Crippen LogP contribution in [-0.4, -0.2) is 21.2 Å². The van der Waals surface area contributed by atoms with Crippen LogP contribution in [0.5, 0.6) is 5.75 Å². The van der Waals surface area contributed by atoms with Crippen LogP contribution in [0.25, 0.3) is 0 Å². The Labute approximate surface area is 122 Å². The van der Waals surface area contributed by atoms with Crippen molar-refractivity contribution in [3.63, 3.8) is 0 Å². The number of aliphatic carboxylic acids is 1. The fourth-order valence-electron chi connectivity index (χ4n) is 1.97. The van der Waals surface area contributed by atoms with Gasteiger partial charge in [0, 0.05) is 6.42 Å². The van der Waals surface area contributed by atoms with Gasteiger partial charge < -0.3 is 14.4 Å². The van der Waals surface area contributed by atoms with Crippen LogP contribution in [0, 0.1) is 5.41 Å². The molecule has 0 fully saturated rings. The van der Waals surface area contributed by atoms with Crippen molar-refractivity contribution in [2.75, 3.05) is 0 Å². The molecule has 2 aromatic rings. The predicted molar refractivity (Wildman–Crippen MR) is 74.8 cm³/mol. The molecule has 1 aromatic heterocycles. The highest BCUT2D eigenvalue weighted by atomic mass is 16.5. The summed E-state index contributed by atoms with van der Waals surface area (Å²) in [6.45, 7) is 3.92. The maximum atomic E-state index is 10.8. The van der Waals surface area contributed by atoms with Crippen molar-refractivity contribution in [1.82, 2.24) is 10.1 Å². The third kappa shape index (κ3) is 4.91. The molecule has 21 heavy (non-hydrogen) atoms. The van der Waals surface area contributed by atoms with Gasteiger partial charge in [-0.15, -0.1) is 0 Å². The van der Waals surface area contributed by atoms with Crippen molar-refractivity contribution in [2.45, 2.75) is 33.3 Å². The smallest absolute Gasteiger partial charge is 0.303 e. The molecule has 1 heterocycles. The SMILES string of the molecule is CC(C)(CC(=O)O)Cc1nc(COc2ccccc2)no1. The topological polar surface area (TPSA) is 85.5 Å². The lowest BCUT2D eigenvalue weighted by Gasteiger charge is -2.19. The van der Waals surface area contributed by atoms with Crippen molar-refractivity contribution in [3.8, 4) is 5.75 Å². The predicted octanol–water partition coefficient (Wildman–Crippen LogP) is 2.69. The van der Waals surface area contributed by atoms with Crippen LogP contribution >= 0.6 is 0 Å². The van der Waals surface area contributed by atoms with E-state index in [4.69, 9.17) is 14.4 Å². The quantitative estimate of drug-likeness (QED) is 0.843. The van der Waals surface area contributed by atoms with Crippen molar-refractivity contribution in [1.29, 1.82) is 0 Å². The highest BCUT2D eigenvalue weighted by Crippen LogP contribution is 2.25. The first-order chi connectivity index (χ1) is 9.94. The number of nitrogens with zero attached hydrogens (tertiary/aromatic N) is 2. The summed E-state index contributed by atoms with van der Waals surface area (Å²) in [7, 11) is 0. The lowest BCUT2D eigenvalue weighted by Crippen LogP contribution is -2.19. The second-order valence-corrected chi connectivity index (χ2v) is 5.62. The van der Waals surface area contributed by atoms with Crippen LogP contribution in [0.4, 0.5) is 0 Å². The second-order valence-electron chi connectivity index (χ2n) is 5.62. The molecule has 0 aliphatic carbocycles. The monoisotopic (exact) mass is 290 g/mol. The first-order valence-corrected chi connectivity index (χ1v) is 6.66. The number of carboxylic acids is 1. The van der Waals surface area contributed by atoms with E-state index in [1.807, 2.05) is 44.2 Å². The van der Waals surface area contributed by atoms with E-state index in [1.54, 1.807) is 0 Å². The fourth-order valence-corrected chi connectivity index (χ4v) is 1.97. The minimum absolute atomic E-state index is 0.0469. The Kier molecular flexibility index (Phi) is 4.57. The maximum Gasteiger partial charge on any atom is 0.303 e. The average Bonchev–Trinajstić information content (AvgIpc) is 2.82. The van der Waals surface area contributed by atoms with Gasteiger partial charge in [0.2, 0.25) is 11.7 Å². The standard InChI is InChI=1S/C15H18N2O4/c1-15(2,9-14(18)19)8-13-16-12(17-21-13)10-20-11-6-4-3-5-7-11/h3-7H,8-10H2,1-2H3,(H,18,19). The zero-order chi connectivity index (χ0) is 15.3. The molecule has 0 spiro atoms. The van der Waals surface area contributed by atoms with Gasteiger partial charge in [0.15, 0.2) is 6.61 Å². The Hall–Kier alpha value is -2.37. The zero-order valence-corrected chi connectivity index (χ0v) is 12.1. The summed E-state index contributed by atoms with van der Waals surface area (Å²) in [6, 6.07) is 9.36. The van der Waals surface area contributed by atoms with Gasteiger partial charge in [-0.2, -0.15) is 4.98 Å². The number of rotatable bonds is 7. The Bertz CT molecular complexity index is 593. The molecule has 112 valence electrons. The van der Waals surface area contributed by atoms with Gasteiger partial charge in [-0.3, -0.25) is 4.79 Å². The van der Waals surface area contributed by atoms with E-state index in [0.717, 1.165) is 5.75 Å². The molecule has 1 N–H and O–H groups in total. The summed E-state index contributed by atoms with van der Waals surface area (Å²) in [4.78, 5) is 15.0. The van der Waals surface area contributed by atoms with Crippen LogP contribution in [0.2, 0.25) is 0 Å². The number of hydrogen-bond acceptors (Lipinski definition) is 5. The molecule has 0 saturated carbocycles. The Morgan fingerprint density at radius 3 is 2.71 bits per heavy atom. The summed E-state index contributed by atoms with van der Waals surface area (Å²) in [5, 5.41) is 12.7. The summed E-state index contributed by atoms with van der Waals surface area (Å²) in [6.07, 6.45) is 0.461. The van der Waals surface area contributed by atoms with Crippen LogP contribution in [0.15, 0.2) is 34.9 Å². The highest BCUT2D eigenvalue weighted by molar-refractivity contribution is 5.67. The van der Waals surface area contributed by atoms with Crippen LogP contribution in [0.3, 0.4) is 0 Å². The molecule has 0 saturated heterocycles. The lowest BCUT2D eigenvalue weighted by atomic mass is 9.86. The van der Waals surface area contributed by atoms with Crippen LogP contribution in [0.1, 0.15) is 32.0 Å². The third-order valence-corrected chi connectivity index (χ3v) is 2.88. The number of para-hydroxylation sites is 1. The van der Waals surface area contributed by atoms with Crippen molar-refractivity contribution < 1.29 is 19.2 Å². The Balaban J connectivity index is 1.91. The van der Waals surface area contributed by atoms with Crippen LogP contribution < -0.4 is 4.74 Å². The number of hydrogen-bond donors (Lipinski definition) is 1. The molecular formula is C15H18N2O4. The van der Waals surface area contributed by atoms with Gasteiger partial charge in [-0.1, -0.05) is 37.2 Å².